The minimum absolute atomic E-state index is 0.203. The van der Waals surface area contributed by atoms with E-state index in [-0.39, 0.29) is 5.41 Å². The van der Waals surface area contributed by atoms with E-state index in [1.165, 1.54) is 43.6 Å². The molecule has 1 atom stereocenters. The predicted octanol–water partition coefficient (Wildman–Crippen LogP) is 2.61. The van der Waals surface area contributed by atoms with E-state index in [9.17, 15) is 5.11 Å². The molecule has 1 heterocycles. The second-order valence-electron chi connectivity index (χ2n) is 6.27. The van der Waals surface area contributed by atoms with Gasteiger partial charge in [-0.1, -0.05) is 19.8 Å². The van der Waals surface area contributed by atoms with E-state index in [0.717, 1.165) is 18.5 Å². The molecule has 1 aliphatic heterocycles. The third-order valence-corrected chi connectivity index (χ3v) is 5.93. The molecule has 1 saturated carbocycles. The molecule has 3 heteroatoms. The van der Waals surface area contributed by atoms with Gasteiger partial charge >= 0.3 is 0 Å². The summed E-state index contributed by atoms with van der Waals surface area (Å²) in [4.78, 5) is 2.52. The van der Waals surface area contributed by atoms with Crippen LogP contribution in [0.15, 0.2) is 0 Å². The quantitative estimate of drug-likeness (QED) is 0.837. The molecule has 0 aromatic carbocycles. The monoisotopic (exact) mass is 257 g/mol. The van der Waals surface area contributed by atoms with E-state index >= 15 is 0 Å². The summed E-state index contributed by atoms with van der Waals surface area (Å²) in [5.74, 6) is 3.47. The van der Waals surface area contributed by atoms with E-state index in [0.29, 0.717) is 6.61 Å². The molecule has 2 rings (SSSR count). The molecule has 0 bridgehead atoms. The Labute approximate surface area is 110 Å². The third kappa shape index (κ3) is 3.39. The second kappa shape index (κ2) is 5.94. The van der Waals surface area contributed by atoms with Crippen LogP contribution in [0.3, 0.4) is 0 Å². The maximum Gasteiger partial charge on any atom is 0.0499 e. The van der Waals surface area contributed by atoms with Gasteiger partial charge in [0.1, 0.15) is 0 Å². The number of nitrogens with zero attached hydrogens (tertiary/aromatic N) is 1. The minimum Gasteiger partial charge on any atom is -0.396 e. The Kier molecular flexibility index (Phi) is 4.79. The second-order valence-corrected chi connectivity index (χ2v) is 7.42. The lowest BCUT2D eigenvalue weighted by Gasteiger charge is -2.42. The highest BCUT2D eigenvalue weighted by Crippen LogP contribution is 2.39. The molecule has 0 aromatic heterocycles. The summed E-state index contributed by atoms with van der Waals surface area (Å²) in [7, 11) is 2.26. The molecular weight excluding hydrogens is 230 g/mol. The summed E-state index contributed by atoms with van der Waals surface area (Å²) in [5.41, 5.74) is 0.203. The average Bonchev–Trinajstić information content (AvgIpc) is 2.86. The highest BCUT2D eigenvalue weighted by molar-refractivity contribution is 7.99. The van der Waals surface area contributed by atoms with E-state index < -0.39 is 0 Å². The van der Waals surface area contributed by atoms with Gasteiger partial charge < -0.3 is 10.0 Å². The number of hydrogen-bond acceptors (Lipinski definition) is 3. The molecule has 2 aliphatic rings. The highest BCUT2D eigenvalue weighted by atomic mass is 32.2. The number of aliphatic hydroxyl groups is 1. The van der Waals surface area contributed by atoms with Gasteiger partial charge in [-0.15, -0.1) is 0 Å². The van der Waals surface area contributed by atoms with Crippen LogP contribution < -0.4 is 0 Å². The van der Waals surface area contributed by atoms with Crippen LogP contribution in [0.25, 0.3) is 0 Å². The average molecular weight is 257 g/mol. The van der Waals surface area contributed by atoms with Crippen LogP contribution in [0.1, 0.15) is 39.0 Å². The molecule has 17 heavy (non-hydrogen) atoms. The lowest BCUT2D eigenvalue weighted by atomic mass is 9.71. The summed E-state index contributed by atoms with van der Waals surface area (Å²) >= 11 is 2.08. The Morgan fingerprint density at radius 3 is 2.53 bits per heavy atom. The van der Waals surface area contributed by atoms with Gasteiger partial charge in [0, 0.05) is 30.4 Å². The van der Waals surface area contributed by atoms with Gasteiger partial charge in [0.15, 0.2) is 0 Å². The van der Waals surface area contributed by atoms with Crippen LogP contribution in [0.2, 0.25) is 0 Å². The zero-order valence-electron chi connectivity index (χ0n) is 11.3. The zero-order chi connectivity index (χ0) is 12.3. The predicted molar refractivity (Wildman–Crippen MR) is 75.5 cm³/mol. The Bertz CT molecular complexity index is 232. The first kappa shape index (κ1) is 13.7. The fraction of sp³-hybridized carbons (Fsp3) is 1.00. The van der Waals surface area contributed by atoms with Gasteiger partial charge in [0.05, 0.1) is 0 Å². The summed E-state index contributed by atoms with van der Waals surface area (Å²) in [5, 5.41) is 9.79. The van der Waals surface area contributed by atoms with Gasteiger partial charge in [-0.05, 0) is 38.0 Å². The first-order valence-electron chi connectivity index (χ1n) is 7.04. The van der Waals surface area contributed by atoms with Crippen molar-refractivity contribution in [2.75, 3.05) is 31.7 Å². The first-order chi connectivity index (χ1) is 8.15. The van der Waals surface area contributed by atoms with Gasteiger partial charge in [-0.2, -0.15) is 11.8 Å². The van der Waals surface area contributed by atoms with Crippen LogP contribution in [0.5, 0.6) is 0 Å². The van der Waals surface area contributed by atoms with Crippen molar-refractivity contribution in [3.8, 4) is 0 Å². The standard InChI is InChI=1S/C14H27NOS/c1-12-3-6-14(11-16,7-4-12)10-15(2)13-5-8-17-9-13/h12-13,16H,3-11H2,1-2H3. The van der Waals surface area contributed by atoms with Gasteiger partial charge in [-0.3, -0.25) is 0 Å². The normalized spacial score (nSPS) is 38.8. The maximum absolute atomic E-state index is 9.79. The van der Waals surface area contributed by atoms with Crippen molar-refractivity contribution in [2.45, 2.75) is 45.1 Å². The Morgan fingerprint density at radius 1 is 1.29 bits per heavy atom. The number of rotatable bonds is 4. The fourth-order valence-corrected chi connectivity index (χ4v) is 4.57. The smallest absolute Gasteiger partial charge is 0.0499 e. The van der Waals surface area contributed by atoms with Crippen LogP contribution in [-0.4, -0.2) is 47.8 Å². The lowest BCUT2D eigenvalue weighted by Crippen LogP contribution is -2.44. The molecule has 0 aromatic rings. The van der Waals surface area contributed by atoms with Crippen LogP contribution >= 0.6 is 11.8 Å². The van der Waals surface area contributed by atoms with E-state index in [1.807, 2.05) is 0 Å². The topological polar surface area (TPSA) is 23.5 Å². The van der Waals surface area contributed by atoms with Gasteiger partial charge in [0.2, 0.25) is 0 Å². The highest BCUT2D eigenvalue weighted by Gasteiger charge is 2.36. The van der Waals surface area contributed by atoms with Gasteiger partial charge in [-0.25, -0.2) is 0 Å². The van der Waals surface area contributed by atoms with Crippen molar-refractivity contribution in [3.05, 3.63) is 0 Å². The molecule has 100 valence electrons. The Hall–Kier alpha value is 0.270. The number of thioether (sulfide) groups is 1. The SMILES string of the molecule is CC1CCC(CO)(CN(C)C2CCSC2)CC1. The molecule has 1 aliphatic carbocycles. The molecule has 2 nitrogen and oxygen atoms in total. The van der Waals surface area contributed by atoms with Crippen LogP contribution in [-0.2, 0) is 0 Å². The molecule has 0 spiro atoms. The summed E-state index contributed by atoms with van der Waals surface area (Å²) in [6.07, 6.45) is 6.37. The third-order valence-electron chi connectivity index (χ3n) is 4.78. The van der Waals surface area contributed by atoms with E-state index in [2.05, 4.69) is 30.6 Å². The lowest BCUT2D eigenvalue weighted by molar-refractivity contribution is 0.0278. The summed E-state index contributed by atoms with van der Waals surface area (Å²) in [6, 6.07) is 0.753. The van der Waals surface area contributed by atoms with Crippen molar-refractivity contribution in [3.63, 3.8) is 0 Å². The summed E-state index contributed by atoms with van der Waals surface area (Å²) in [6.45, 7) is 3.82. The first-order valence-corrected chi connectivity index (χ1v) is 8.19. The molecule has 0 radical (unpaired) electrons. The molecule has 0 amide bonds. The van der Waals surface area contributed by atoms with Crippen molar-refractivity contribution in [1.82, 2.24) is 4.90 Å². The van der Waals surface area contributed by atoms with E-state index in [1.54, 1.807) is 0 Å². The van der Waals surface area contributed by atoms with Crippen LogP contribution in [0.4, 0.5) is 0 Å². The van der Waals surface area contributed by atoms with Crippen molar-refractivity contribution >= 4 is 11.8 Å². The molecular formula is C14H27NOS. The molecule has 1 saturated heterocycles. The Balaban J connectivity index is 1.89. The minimum atomic E-state index is 0.203. The molecule has 1 unspecified atom stereocenters. The largest absolute Gasteiger partial charge is 0.396 e. The van der Waals surface area contributed by atoms with Crippen molar-refractivity contribution in [1.29, 1.82) is 0 Å². The van der Waals surface area contributed by atoms with Crippen LogP contribution in [0, 0.1) is 11.3 Å². The molecule has 1 N–H and O–H groups in total. The number of hydrogen-bond donors (Lipinski definition) is 1. The number of aliphatic hydroxyl groups excluding tert-OH is 1. The maximum atomic E-state index is 9.79. The zero-order valence-corrected chi connectivity index (χ0v) is 12.1. The van der Waals surface area contributed by atoms with E-state index in [4.69, 9.17) is 0 Å². The summed E-state index contributed by atoms with van der Waals surface area (Å²) < 4.78 is 0. The van der Waals surface area contributed by atoms with Gasteiger partial charge in [0.25, 0.3) is 0 Å². The Morgan fingerprint density at radius 2 is 2.00 bits per heavy atom. The molecule has 2 fully saturated rings. The van der Waals surface area contributed by atoms with Crippen molar-refractivity contribution in [2.24, 2.45) is 11.3 Å². The fourth-order valence-electron chi connectivity index (χ4n) is 3.27. The van der Waals surface area contributed by atoms with Crippen molar-refractivity contribution < 1.29 is 5.11 Å².